The molecule has 1 aliphatic heterocycles. The summed E-state index contributed by atoms with van der Waals surface area (Å²) >= 11 is 6.10. The molecule has 3 N–H and O–H groups in total. The molecular formula is C23H16ClF3N2O6. The van der Waals surface area contributed by atoms with Crippen molar-refractivity contribution in [1.82, 2.24) is 4.98 Å². The van der Waals surface area contributed by atoms with Gasteiger partial charge < -0.3 is 29.3 Å². The molecule has 0 radical (unpaired) electrons. The van der Waals surface area contributed by atoms with Gasteiger partial charge in [-0.15, -0.1) is 11.6 Å². The molecule has 3 heterocycles. The number of aromatic amines is 1. The standard InChI is InChI=1S/C23H16ClF3N2O6/c1-34-11-3-2-9-4-15(35-14(9)5-11)21(31)29-8-10(7-24)16-12(29)6-13(30)19-17(16)18(22(32)33)20(28-19)23(25,26)27/h2-6,10,28,30H,7-8H2,1H3,(H,32,33)/t10-/m1/s1. The van der Waals surface area contributed by atoms with Crippen molar-refractivity contribution in [1.29, 1.82) is 0 Å². The first-order valence-electron chi connectivity index (χ1n) is 10.2. The third-order valence-corrected chi connectivity index (χ3v) is 6.42. The number of hydrogen-bond donors (Lipinski definition) is 3. The van der Waals surface area contributed by atoms with E-state index in [0.29, 0.717) is 16.7 Å². The second-order valence-electron chi connectivity index (χ2n) is 8.04. The van der Waals surface area contributed by atoms with E-state index in [1.807, 2.05) is 4.98 Å². The zero-order valence-corrected chi connectivity index (χ0v) is 18.6. The molecule has 1 atom stereocenters. The Labute approximate surface area is 199 Å². The molecule has 4 aromatic rings. The number of rotatable bonds is 4. The van der Waals surface area contributed by atoms with E-state index in [2.05, 4.69) is 0 Å². The molecule has 35 heavy (non-hydrogen) atoms. The van der Waals surface area contributed by atoms with Crippen LogP contribution in [0.1, 0.15) is 38.1 Å². The van der Waals surface area contributed by atoms with E-state index >= 15 is 0 Å². The number of fused-ring (bicyclic) bond motifs is 4. The van der Waals surface area contributed by atoms with Crippen molar-refractivity contribution < 1.29 is 42.1 Å². The number of phenolic OH excluding ortho intramolecular Hbond substituents is 1. The highest BCUT2D eigenvalue weighted by atomic mass is 35.5. The summed E-state index contributed by atoms with van der Waals surface area (Å²) in [5.74, 6) is -3.45. The van der Waals surface area contributed by atoms with Crippen LogP contribution in [0.4, 0.5) is 18.9 Å². The number of halogens is 4. The SMILES string of the molecule is COc1ccc2cc(C(=O)N3C[C@@H](CCl)c4c3cc(O)c3[nH]c(C(F)(F)F)c(C(=O)O)c43)oc2c1. The number of benzene rings is 2. The van der Waals surface area contributed by atoms with Gasteiger partial charge in [-0.25, -0.2) is 4.79 Å². The van der Waals surface area contributed by atoms with E-state index in [-0.39, 0.29) is 34.8 Å². The molecule has 0 saturated carbocycles. The van der Waals surface area contributed by atoms with E-state index in [0.717, 1.165) is 6.07 Å². The molecule has 1 aliphatic rings. The summed E-state index contributed by atoms with van der Waals surface area (Å²) in [6.07, 6.45) is -5.02. The summed E-state index contributed by atoms with van der Waals surface area (Å²) in [6, 6.07) is 7.60. The fourth-order valence-corrected chi connectivity index (χ4v) is 4.79. The average Bonchev–Trinajstić information content (AvgIpc) is 3.50. The van der Waals surface area contributed by atoms with E-state index < -0.39 is 46.5 Å². The van der Waals surface area contributed by atoms with E-state index in [4.69, 9.17) is 20.8 Å². The van der Waals surface area contributed by atoms with Gasteiger partial charge in [-0.05, 0) is 23.8 Å². The first-order chi connectivity index (χ1) is 16.5. The first-order valence-corrected chi connectivity index (χ1v) is 10.8. The molecule has 0 saturated heterocycles. The van der Waals surface area contributed by atoms with Crippen molar-refractivity contribution in [3.63, 3.8) is 0 Å². The molecule has 2 aromatic carbocycles. The normalized spacial score (nSPS) is 15.7. The third kappa shape index (κ3) is 3.45. The smallest absolute Gasteiger partial charge is 0.432 e. The number of H-pyrrole nitrogens is 1. The summed E-state index contributed by atoms with van der Waals surface area (Å²) in [5.41, 5.74) is -2.38. The number of amides is 1. The number of aromatic hydroxyl groups is 1. The minimum Gasteiger partial charge on any atom is -0.506 e. The number of phenols is 1. The number of aromatic nitrogens is 1. The fourth-order valence-electron chi connectivity index (χ4n) is 4.54. The number of aromatic carboxylic acids is 1. The summed E-state index contributed by atoms with van der Waals surface area (Å²) < 4.78 is 51.6. The zero-order valence-electron chi connectivity index (χ0n) is 17.9. The molecule has 0 aliphatic carbocycles. The van der Waals surface area contributed by atoms with Gasteiger partial charge in [0.05, 0.1) is 23.9 Å². The zero-order chi connectivity index (χ0) is 25.2. The number of carbonyl (C=O) groups excluding carboxylic acids is 1. The Kier molecular flexibility index (Phi) is 5.13. The molecule has 0 unspecified atom stereocenters. The van der Waals surface area contributed by atoms with Crippen LogP contribution < -0.4 is 9.64 Å². The molecule has 0 fully saturated rings. The number of carbonyl (C=O) groups is 2. The van der Waals surface area contributed by atoms with E-state index in [1.165, 1.54) is 18.1 Å². The van der Waals surface area contributed by atoms with Crippen LogP contribution in [0, 0.1) is 0 Å². The Morgan fingerprint density at radius 2 is 2.03 bits per heavy atom. The maximum atomic E-state index is 13.6. The summed E-state index contributed by atoms with van der Waals surface area (Å²) in [4.78, 5) is 28.5. The van der Waals surface area contributed by atoms with Gasteiger partial charge in [-0.3, -0.25) is 4.79 Å². The maximum Gasteiger partial charge on any atom is 0.432 e. The van der Waals surface area contributed by atoms with Gasteiger partial charge in [-0.2, -0.15) is 13.2 Å². The van der Waals surface area contributed by atoms with E-state index in [9.17, 15) is 33.0 Å². The van der Waals surface area contributed by atoms with Crippen LogP contribution in [0.25, 0.3) is 21.9 Å². The highest BCUT2D eigenvalue weighted by Crippen LogP contribution is 2.49. The predicted octanol–water partition coefficient (Wildman–Crippen LogP) is 5.33. The minimum absolute atomic E-state index is 0.0534. The molecule has 1 amide bonds. The van der Waals surface area contributed by atoms with Crippen molar-refractivity contribution in [2.75, 3.05) is 24.4 Å². The molecule has 182 valence electrons. The van der Waals surface area contributed by atoms with Crippen molar-refractivity contribution in [3.05, 3.63) is 52.9 Å². The minimum atomic E-state index is -5.02. The largest absolute Gasteiger partial charge is 0.506 e. The molecule has 5 rings (SSSR count). The monoisotopic (exact) mass is 508 g/mol. The second-order valence-corrected chi connectivity index (χ2v) is 8.35. The Balaban J connectivity index is 1.70. The van der Waals surface area contributed by atoms with Gasteiger partial charge in [0.2, 0.25) is 0 Å². The number of methoxy groups -OCH3 is 1. The number of hydrogen-bond acceptors (Lipinski definition) is 5. The lowest BCUT2D eigenvalue weighted by molar-refractivity contribution is -0.141. The Morgan fingerprint density at radius 3 is 2.66 bits per heavy atom. The fraction of sp³-hybridized carbons (Fsp3) is 0.217. The first kappa shape index (κ1) is 22.9. The molecule has 8 nitrogen and oxygen atoms in total. The Bertz CT molecular complexity index is 1520. The number of nitrogens with one attached hydrogen (secondary N) is 1. The summed E-state index contributed by atoms with van der Waals surface area (Å²) in [7, 11) is 1.48. The van der Waals surface area contributed by atoms with Gasteiger partial charge in [0, 0.05) is 41.2 Å². The number of furan rings is 1. The maximum absolute atomic E-state index is 13.6. The lowest BCUT2D eigenvalue weighted by Crippen LogP contribution is -2.29. The van der Waals surface area contributed by atoms with Crippen LogP contribution in [0.3, 0.4) is 0 Å². The van der Waals surface area contributed by atoms with Crippen LogP contribution in [0.15, 0.2) is 34.7 Å². The van der Waals surface area contributed by atoms with Gasteiger partial charge in [0.25, 0.3) is 5.91 Å². The highest BCUT2D eigenvalue weighted by molar-refractivity contribution is 6.20. The van der Waals surface area contributed by atoms with Crippen LogP contribution in [0.2, 0.25) is 0 Å². The molecule has 0 spiro atoms. The van der Waals surface area contributed by atoms with Crippen molar-refractivity contribution in [3.8, 4) is 11.5 Å². The van der Waals surface area contributed by atoms with Crippen LogP contribution in [-0.2, 0) is 6.18 Å². The third-order valence-electron chi connectivity index (χ3n) is 6.04. The summed E-state index contributed by atoms with van der Waals surface area (Å²) in [5, 5.41) is 20.4. The van der Waals surface area contributed by atoms with Crippen molar-refractivity contribution in [2.45, 2.75) is 12.1 Å². The number of carboxylic acids is 1. The van der Waals surface area contributed by atoms with Crippen molar-refractivity contribution >= 4 is 51.0 Å². The Morgan fingerprint density at radius 1 is 1.29 bits per heavy atom. The number of alkyl halides is 4. The lowest BCUT2D eigenvalue weighted by Gasteiger charge is -2.16. The van der Waals surface area contributed by atoms with Gasteiger partial charge >= 0.3 is 12.1 Å². The van der Waals surface area contributed by atoms with Crippen molar-refractivity contribution in [2.24, 2.45) is 0 Å². The number of ether oxygens (including phenoxy) is 1. The van der Waals surface area contributed by atoms with Crippen LogP contribution >= 0.6 is 11.6 Å². The molecule has 2 aromatic heterocycles. The van der Waals surface area contributed by atoms with E-state index in [1.54, 1.807) is 18.2 Å². The number of anilines is 1. The topological polar surface area (TPSA) is 116 Å². The predicted molar refractivity (Wildman–Crippen MR) is 120 cm³/mol. The van der Waals surface area contributed by atoms with Gasteiger partial charge in [0.15, 0.2) is 5.76 Å². The number of nitrogens with zero attached hydrogens (tertiary/aromatic N) is 1. The van der Waals surface area contributed by atoms with Crippen LogP contribution in [-0.4, -0.2) is 46.6 Å². The Hall–Kier alpha value is -3.86. The lowest BCUT2D eigenvalue weighted by atomic mass is 9.95. The second kappa shape index (κ2) is 7.84. The van der Waals surface area contributed by atoms with Gasteiger partial charge in [0.1, 0.15) is 22.8 Å². The van der Waals surface area contributed by atoms with Gasteiger partial charge in [-0.1, -0.05) is 0 Å². The quantitative estimate of drug-likeness (QED) is 0.321. The molecule has 0 bridgehead atoms. The average molecular weight is 509 g/mol. The highest BCUT2D eigenvalue weighted by Gasteiger charge is 2.43. The summed E-state index contributed by atoms with van der Waals surface area (Å²) in [6.45, 7) is -0.0534. The molecular weight excluding hydrogens is 493 g/mol. The number of carboxylic acid groups (broad SMARTS) is 1. The van der Waals surface area contributed by atoms with Crippen LogP contribution in [0.5, 0.6) is 11.5 Å². The molecule has 12 heteroatoms.